The Hall–Kier alpha value is -1.50. The van der Waals surface area contributed by atoms with E-state index < -0.39 is 0 Å². The minimum Gasteiger partial charge on any atom is -0.376 e. The van der Waals surface area contributed by atoms with Gasteiger partial charge in [0.1, 0.15) is 6.10 Å². The van der Waals surface area contributed by atoms with Crippen LogP contribution in [0, 0.1) is 0 Å². The summed E-state index contributed by atoms with van der Waals surface area (Å²) < 4.78 is 10.9. The third-order valence-electron chi connectivity index (χ3n) is 3.37. The summed E-state index contributed by atoms with van der Waals surface area (Å²) in [6, 6.07) is 3.85. The van der Waals surface area contributed by atoms with Gasteiger partial charge >= 0.3 is 0 Å². The predicted octanol–water partition coefficient (Wildman–Crippen LogP) is 0.434. The lowest BCUT2D eigenvalue weighted by Crippen LogP contribution is -2.47. The number of likely N-dealkylation sites (N-methyl/N-ethyl adjacent to an activating group) is 1. The maximum Gasteiger partial charge on any atom is 0.234 e. The van der Waals surface area contributed by atoms with Crippen molar-refractivity contribution >= 4 is 5.91 Å². The molecule has 2 heterocycles. The van der Waals surface area contributed by atoms with Crippen molar-refractivity contribution in [3.05, 3.63) is 30.1 Å². The van der Waals surface area contributed by atoms with Gasteiger partial charge in [-0.3, -0.25) is 14.7 Å². The van der Waals surface area contributed by atoms with Gasteiger partial charge in [-0.25, -0.2) is 0 Å². The third kappa shape index (κ3) is 5.08. The molecule has 1 aromatic heterocycles. The summed E-state index contributed by atoms with van der Waals surface area (Å²) in [5.41, 5.74) is 1.14. The van der Waals surface area contributed by atoms with E-state index in [1.54, 1.807) is 12.4 Å². The molecule has 6 heteroatoms. The number of hydrogen-bond acceptors (Lipinski definition) is 5. The molecule has 0 spiro atoms. The van der Waals surface area contributed by atoms with Crippen molar-refractivity contribution < 1.29 is 14.3 Å². The van der Waals surface area contributed by atoms with Crippen LogP contribution in [0.1, 0.15) is 12.5 Å². The molecule has 1 N–H and O–H groups in total. The number of carbonyl (C=O) groups is 1. The Morgan fingerprint density at radius 3 is 2.95 bits per heavy atom. The molecule has 2 atom stereocenters. The van der Waals surface area contributed by atoms with Crippen molar-refractivity contribution in [1.29, 1.82) is 0 Å². The van der Waals surface area contributed by atoms with Crippen molar-refractivity contribution in [2.24, 2.45) is 0 Å². The first-order valence-electron chi connectivity index (χ1n) is 7.25. The Morgan fingerprint density at radius 1 is 1.48 bits per heavy atom. The molecule has 1 fully saturated rings. The van der Waals surface area contributed by atoms with Crippen LogP contribution < -0.4 is 5.32 Å². The number of aromatic nitrogens is 1. The maximum atomic E-state index is 12.1. The predicted molar refractivity (Wildman–Crippen MR) is 78.7 cm³/mol. The fraction of sp³-hybridized carbons (Fsp3) is 0.600. The van der Waals surface area contributed by atoms with E-state index in [0.29, 0.717) is 32.9 Å². The summed E-state index contributed by atoms with van der Waals surface area (Å²) in [6.45, 7) is 4.70. The van der Waals surface area contributed by atoms with Crippen molar-refractivity contribution in [3.8, 4) is 0 Å². The normalized spacial score (nSPS) is 21.7. The minimum atomic E-state index is -0.0493. The molecule has 0 radical (unpaired) electrons. The Kier molecular flexibility index (Phi) is 6.10. The fourth-order valence-corrected chi connectivity index (χ4v) is 2.40. The van der Waals surface area contributed by atoms with Crippen LogP contribution in [0.2, 0.25) is 0 Å². The van der Waals surface area contributed by atoms with Crippen LogP contribution in [0.3, 0.4) is 0 Å². The van der Waals surface area contributed by atoms with E-state index in [1.165, 1.54) is 0 Å². The summed E-state index contributed by atoms with van der Waals surface area (Å²) in [5.74, 6) is -0.00763. The number of ether oxygens (including phenoxy) is 2. The van der Waals surface area contributed by atoms with E-state index >= 15 is 0 Å². The molecule has 1 aromatic rings. The van der Waals surface area contributed by atoms with Gasteiger partial charge in [-0.2, -0.15) is 0 Å². The molecule has 1 aliphatic rings. The van der Waals surface area contributed by atoms with Crippen LogP contribution in [-0.2, 0) is 20.8 Å². The molecule has 0 unspecified atom stereocenters. The van der Waals surface area contributed by atoms with Gasteiger partial charge in [-0.1, -0.05) is 0 Å². The van der Waals surface area contributed by atoms with Crippen molar-refractivity contribution in [2.45, 2.75) is 25.6 Å². The smallest absolute Gasteiger partial charge is 0.234 e. The molecule has 116 valence electrons. The van der Waals surface area contributed by atoms with Gasteiger partial charge in [0.15, 0.2) is 0 Å². The van der Waals surface area contributed by atoms with Gasteiger partial charge in [-0.15, -0.1) is 0 Å². The van der Waals surface area contributed by atoms with Gasteiger partial charge in [0.05, 0.1) is 25.8 Å². The first-order chi connectivity index (χ1) is 10.2. The summed E-state index contributed by atoms with van der Waals surface area (Å²) in [4.78, 5) is 18.0. The standard InChI is InChI=1S/C15H23N3O3/c1-3-21-14-11-20-10-13(14)17-15(19)9-18(2)8-12-4-6-16-7-5-12/h4-7,13-14H,3,8-11H2,1-2H3,(H,17,19)/t13-,14-/m0/s1. The molecular weight excluding hydrogens is 270 g/mol. The molecule has 1 amide bonds. The SMILES string of the molecule is CCO[C@H]1COC[C@@H]1NC(=O)CN(C)Cc1ccncc1. The van der Waals surface area contributed by atoms with Gasteiger partial charge in [-0.05, 0) is 31.7 Å². The zero-order valence-corrected chi connectivity index (χ0v) is 12.6. The number of carbonyl (C=O) groups excluding carboxylic acids is 1. The highest BCUT2D eigenvalue weighted by Gasteiger charge is 2.30. The maximum absolute atomic E-state index is 12.1. The monoisotopic (exact) mass is 293 g/mol. The molecule has 2 rings (SSSR count). The Balaban J connectivity index is 1.76. The lowest BCUT2D eigenvalue weighted by Gasteiger charge is -2.21. The minimum absolute atomic E-state index is 0.00763. The largest absolute Gasteiger partial charge is 0.376 e. The van der Waals surface area contributed by atoms with Crippen LogP contribution in [-0.4, -0.2) is 61.3 Å². The van der Waals surface area contributed by atoms with E-state index in [1.807, 2.05) is 31.0 Å². The number of amides is 1. The number of hydrogen-bond donors (Lipinski definition) is 1. The quantitative estimate of drug-likeness (QED) is 0.790. The molecular formula is C15H23N3O3. The van der Waals surface area contributed by atoms with E-state index in [2.05, 4.69) is 10.3 Å². The molecule has 21 heavy (non-hydrogen) atoms. The number of rotatable bonds is 7. The summed E-state index contributed by atoms with van der Waals surface area (Å²) >= 11 is 0. The van der Waals surface area contributed by atoms with Crippen molar-refractivity contribution in [2.75, 3.05) is 33.4 Å². The zero-order valence-electron chi connectivity index (χ0n) is 12.6. The number of nitrogens with zero attached hydrogens (tertiary/aromatic N) is 2. The topological polar surface area (TPSA) is 63.7 Å². The Morgan fingerprint density at radius 2 is 2.24 bits per heavy atom. The molecule has 0 saturated carbocycles. The van der Waals surface area contributed by atoms with Crippen molar-refractivity contribution in [3.63, 3.8) is 0 Å². The van der Waals surface area contributed by atoms with E-state index in [0.717, 1.165) is 5.56 Å². The van der Waals surface area contributed by atoms with Crippen LogP contribution in [0.4, 0.5) is 0 Å². The second kappa shape index (κ2) is 8.07. The van der Waals surface area contributed by atoms with E-state index in [-0.39, 0.29) is 18.1 Å². The summed E-state index contributed by atoms with van der Waals surface area (Å²) in [5, 5.41) is 2.99. The average Bonchev–Trinajstić information content (AvgIpc) is 2.87. The highest BCUT2D eigenvalue weighted by molar-refractivity contribution is 5.78. The molecule has 1 saturated heterocycles. The van der Waals surface area contributed by atoms with Crippen LogP contribution in [0.25, 0.3) is 0 Å². The molecule has 1 aliphatic heterocycles. The lowest BCUT2D eigenvalue weighted by atomic mass is 10.2. The first kappa shape index (κ1) is 15.9. The zero-order chi connectivity index (χ0) is 15.1. The summed E-state index contributed by atoms with van der Waals surface area (Å²) in [6.07, 6.45) is 3.47. The van der Waals surface area contributed by atoms with Crippen molar-refractivity contribution in [1.82, 2.24) is 15.2 Å². The second-order valence-electron chi connectivity index (χ2n) is 5.23. The lowest BCUT2D eigenvalue weighted by molar-refractivity contribution is -0.123. The Labute approximate surface area is 125 Å². The molecule has 0 bridgehead atoms. The van der Waals surface area contributed by atoms with E-state index in [9.17, 15) is 4.79 Å². The van der Waals surface area contributed by atoms with Crippen LogP contribution in [0.15, 0.2) is 24.5 Å². The Bertz CT molecular complexity index is 441. The fourth-order valence-electron chi connectivity index (χ4n) is 2.40. The third-order valence-corrected chi connectivity index (χ3v) is 3.37. The first-order valence-corrected chi connectivity index (χ1v) is 7.25. The van der Waals surface area contributed by atoms with Gasteiger partial charge < -0.3 is 14.8 Å². The van der Waals surface area contributed by atoms with Crippen LogP contribution in [0.5, 0.6) is 0 Å². The van der Waals surface area contributed by atoms with E-state index in [4.69, 9.17) is 9.47 Å². The highest BCUT2D eigenvalue weighted by Crippen LogP contribution is 2.10. The van der Waals surface area contributed by atoms with Gasteiger partial charge in [0, 0.05) is 25.5 Å². The number of nitrogens with one attached hydrogen (secondary N) is 1. The van der Waals surface area contributed by atoms with Crippen LogP contribution >= 0.6 is 0 Å². The van der Waals surface area contributed by atoms with Gasteiger partial charge in [0.2, 0.25) is 5.91 Å². The highest BCUT2D eigenvalue weighted by atomic mass is 16.5. The van der Waals surface area contributed by atoms with Gasteiger partial charge in [0.25, 0.3) is 0 Å². The number of pyridine rings is 1. The molecule has 0 aromatic carbocycles. The molecule has 6 nitrogen and oxygen atoms in total. The average molecular weight is 293 g/mol. The summed E-state index contributed by atoms with van der Waals surface area (Å²) in [7, 11) is 1.92. The molecule has 0 aliphatic carbocycles. The second-order valence-corrected chi connectivity index (χ2v) is 5.23.